The van der Waals surface area contributed by atoms with Crippen LogP contribution < -0.4 is 10.9 Å². The summed E-state index contributed by atoms with van der Waals surface area (Å²) in [7, 11) is 0. The number of nitrogens with zero attached hydrogens (tertiary/aromatic N) is 4. The molecule has 0 saturated heterocycles. The largest absolute Gasteiger partial charge is 0.490 e. The second-order valence-electron chi connectivity index (χ2n) is 5.68. The number of carbonyl (C=O) groups is 2. The van der Waals surface area contributed by atoms with E-state index in [9.17, 15) is 22.8 Å². The Labute approximate surface area is 166 Å². The number of amides is 1. The summed E-state index contributed by atoms with van der Waals surface area (Å²) in [6.07, 6.45) is 2.65. The molecule has 158 valence electrons. The number of nitrogens with one attached hydrogen (secondary N) is 2. The van der Waals surface area contributed by atoms with Gasteiger partial charge in [-0.1, -0.05) is 0 Å². The highest BCUT2D eigenvalue weighted by molar-refractivity contribution is 5.93. The first kappa shape index (κ1) is 22.3. The molecule has 0 saturated carbocycles. The first-order chi connectivity index (χ1) is 14.1. The number of H-pyrrole nitrogens is 1. The molecule has 1 atom stereocenters. The number of hydrogen-bond donors (Lipinski definition) is 3. The van der Waals surface area contributed by atoms with Gasteiger partial charge in [0.1, 0.15) is 5.56 Å². The van der Waals surface area contributed by atoms with Crippen LogP contribution in [0.3, 0.4) is 0 Å². The summed E-state index contributed by atoms with van der Waals surface area (Å²) in [5, 5.41) is 13.9. The number of pyridine rings is 1. The molecular weight excluding hydrogens is 409 g/mol. The number of halogens is 3. The van der Waals surface area contributed by atoms with Crippen molar-refractivity contribution >= 4 is 11.9 Å². The Morgan fingerprint density at radius 2 is 1.87 bits per heavy atom. The molecular formula is C17H15F3N6O4. The summed E-state index contributed by atoms with van der Waals surface area (Å²) in [5.41, 5.74) is 0.317. The average Bonchev–Trinajstić information content (AvgIpc) is 3.23. The fourth-order valence-corrected chi connectivity index (χ4v) is 2.07. The monoisotopic (exact) mass is 424 g/mol. The van der Waals surface area contributed by atoms with Gasteiger partial charge in [0.05, 0.1) is 6.04 Å². The van der Waals surface area contributed by atoms with Gasteiger partial charge in [0.15, 0.2) is 0 Å². The number of carboxylic acid groups (broad SMARTS) is 1. The predicted octanol–water partition coefficient (Wildman–Crippen LogP) is 1.47. The molecule has 3 heterocycles. The molecule has 0 aromatic carbocycles. The lowest BCUT2D eigenvalue weighted by Gasteiger charge is -2.13. The molecule has 0 radical (unpaired) electrons. The molecule has 3 aromatic heterocycles. The van der Waals surface area contributed by atoms with Crippen molar-refractivity contribution in [2.45, 2.75) is 19.1 Å². The number of carbonyl (C=O) groups excluding carboxylic acids is 1. The van der Waals surface area contributed by atoms with Crippen molar-refractivity contribution in [3.8, 4) is 5.95 Å². The van der Waals surface area contributed by atoms with Crippen LogP contribution in [0, 0.1) is 0 Å². The zero-order chi connectivity index (χ0) is 22.3. The lowest BCUT2D eigenvalue weighted by molar-refractivity contribution is -0.192. The van der Waals surface area contributed by atoms with Gasteiger partial charge in [-0.2, -0.15) is 18.3 Å². The lowest BCUT2D eigenvalue weighted by atomic mass is 10.1. The Bertz CT molecular complexity index is 1050. The summed E-state index contributed by atoms with van der Waals surface area (Å²) in [6, 6.07) is 5.05. The molecule has 30 heavy (non-hydrogen) atoms. The molecule has 1 amide bonds. The van der Waals surface area contributed by atoms with Gasteiger partial charge in [0.2, 0.25) is 5.95 Å². The minimum absolute atomic E-state index is 0.0539. The fourth-order valence-electron chi connectivity index (χ4n) is 2.07. The van der Waals surface area contributed by atoms with E-state index in [-0.39, 0.29) is 17.6 Å². The van der Waals surface area contributed by atoms with Crippen molar-refractivity contribution in [3.63, 3.8) is 0 Å². The van der Waals surface area contributed by atoms with E-state index in [0.717, 1.165) is 5.56 Å². The van der Waals surface area contributed by atoms with Crippen LogP contribution in [0.4, 0.5) is 13.2 Å². The maximum Gasteiger partial charge on any atom is 0.490 e. The minimum Gasteiger partial charge on any atom is -0.475 e. The van der Waals surface area contributed by atoms with E-state index in [1.54, 1.807) is 43.0 Å². The molecule has 3 N–H and O–H groups in total. The van der Waals surface area contributed by atoms with E-state index in [0.29, 0.717) is 0 Å². The lowest BCUT2D eigenvalue weighted by Crippen LogP contribution is -2.32. The third kappa shape index (κ3) is 5.98. The number of aromatic amines is 1. The van der Waals surface area contributed by atoms with Crippen LogP contribution in [0.5, 0.6) is 0 Å². The van der Waals surface area contributed by atoms with Crippen molar-refractivity contribution in [3.05, 3.63) is 70.7 Å². The summed E-state index contributed by atoms with van der Waals surface area (Å²) in [4.78, 5) is 43.7. The van der Waals surface area contributed by atoms with Gasteiger partial charge in [-0.3, -0.25) is 19.6 Å². The van der Waals surface area contributed by atoms with E-state index < -0.39 is 23.6 Å². The highest BCUT2D eigenvalue weighted by Gasteiger charge is 2.38. The number of carboxylic acids is 1. The number of hydrogen-bond acceptors (Lipinski definition) is 6. The maximum absolute atomic E-state index is 12.2. The summed E-state index contributed by atoms with van der Waals surface area (Å²) in [5.74, 6) is -3.00. The zero-order valence-corrected chi connectivity index (χ0v) is 15.3. The van der Waals surface area contributed by atoms with Gasteiger partial charge >= 0.3 is 12.1 Å². The van der Waals surface area contributed by atoms with Crippen LogP contribution in [0.15, 0.2) is 54.0 Å². The molecule has 0 spiro atoms. The number of rotatable bonds is 4. The van der Waals surface area contributed by atoms with Crippen molar-refractivity contribution in [1.82, 2.24) is 30.0 Å². The Morgan fingerprint density at radius 3 is 2.37 bits per heavy atom. The Kier molecular flexibility index (Phi) is 7.01. The van der Waals surface area contributed by atoms with Crippen LogP contribution in [0.2, 0.25) is 0 Å². The molecule has 0 bridgehead atoms. The Morgan fingerprint density at radius 1 is 1.23 bits per heavy atom. The normalized spacial score (nSPS) is 11.7. The van der Waals surface area contributed by atoms with E-state index >= 15 is 0 Å². The average molecular weight is 424 g/mol. The Balaban J connectivity index is 0.000000396. The molecule has 1 unspecified atom stereocenters. The van der Waals surface area contributed by atoms with Crippen LogP contribution >= 0.6 is 0 Å². The number of aromatic nitrogens is 5. The SMILES string of the molecule is CC(NC(=O)c1cnc(-n2cccn2)[nH]c1=O)c1ccncc1.O=C(O)C(F)(F)F. The molecule has 3 rings (SSSR count). The summed E-state index contributed by atoms with van der Waals surface area (Å²) < 4.78 is 33.1. The molecule has 0 aliphatic rings. The smallest absolute Gasteiger partial charge is 0.475 e. The first-order valence-corrected chi connectivity index (χ1v) is 8.20. The molecule has 0 fully saturated rings. The topological polar surface area (TPSA) is 143 Å². The highest BCUT2D eigenvalue weighted by Crippen LogP contribution is 2.13. The second-order valence-corrected chi connectivity index (χ2v) is 5.68. The van der Waals surface area contributed by atoms with Gasteiger partial charge in [-0.15, -0.1) is 0 Å². The summed E-state index contributed by atoms with van der Waals surface area (Å²) in [6.45, 7) is 1.83. The molecule has 0 aliphatic heterocycles. The predicted molar refractivity (Wildman–Crippen MR) is 95.8 cm³/mol. The van der Waals surface area contributed by atoms with Crippen molar-refractivity contribution in [2.24, 2.45) is 0 Å². The van der Waals surface area contributed by atoms with Gasteiger partial charge in [0.25, 0.3) is 11.5 Å². The first-order valence-electron chi connectivity index (χ1n) is 8.20. The highest BCUT2D eigenvalue weighted by atomic mass is 19.4. The van der Waals surface area contributed by atoms with Crippen molar-refractivity contribution in [2.75, 3.05) is 0 Å². The summed E-state index contributed by atoms with van der Waals surface area (Å²) >= 11 is 0. The van der Waals surface area contributed by atoms with Gasteiger partial charge in [-0.05, 0) is 30.7 Å². The van der Waals surface area contributed by atoms with Crippen molar-refractivity contribution < 1.29 is 27.9 Å². The zero-order valence-electron chi connectivity index (χ0n) is 15.3. The van der Waals surface area contributed by atoms with Crippen LogP contribution in [-0.2, 0) is 4.79 Å². The van der Waals surface area contributed by atoms with E-state index in [2.05, 4.69) is 25.4 Å². The third-order valence-corrected chi connectivity index (χ3v) is 3.55. The van der Waals surface area contributed by atoms with E-state index in [1.165, 1.54) is 10.9 Å². The van der Waals surface area contributed by atoms with E-state index in [4.69, 9.17) is 9.90 Å². The molecule has 13 heteroatoms. The van der Waals surface area contributed by atoms with Crippen LogP contribution in [0.25, 0.3) is 5.95 Å². The minimum atomic E-state index is -5.08. The standard InChI is InChI=1S/C15H14N6O2.C2HF3O2/c1-10(11-3-6-16-7-4-11)19-13(22)12-9-17-15(20-14(12)23)21-8-2-5-18-21;3-2(4,5)1(6)7/h2-10H,1H3,(H,19,22)(H,17,20,23);(H,6,7). The van der Waals surface area contributed by atoms with Gasteiger partial charge < -0.3 is 10.4 Å². The fraction of sp³-hybridized carbons (Fsp3) is 0.176. The van der Waals surface area contributed by atoms with Crippen LogP contribution in [0.1, 0.15) is 28.9 Å². The van der Waals surface area contributed by atoms with Crippen LogP contribution in [-0.4, -0.2) is 47.9 Å². The number of alkyl halides is 3. The third-order valence-electron chi connectivity index (χ3n) is 3.55. The van der Waals surface area contributed by atoms with Crippen molar-refractivity contribution in [1.29, 1.82) is 0 Å². The van der Waals surface area contributed by atoms with Gasteiger partial charge in [0, 0.05) is 31.0 Å². The molecule has 3 aromatic rings. The van der Waals surface area contributed by atoms with E-state index in [1.807, 2.05) is 6.92 Å². The molecule has 0 aliphatic carbocycles. The maximum atomic E-state index is 12.2. The second kappa shape index (κ2) is 9.45. The Hall–Kier alpha value is -4.03. The molecule has 10 nitrogen and oxygen atoms in total. The number of aliphatic carboxylic acids is 1. The van der Waals surface area contributed by atoms with Gasteiger partial charge in [-0.25, -0.2) is 14.5 Å². The quantitative estimate of drug-likeness (QED) is 0.576.